The van der Waals surface area contributed by atoms with Gasteiger partial charge in [0.15, 0.2) is 0 Å². The molecule has 1 unspecified atom stereocenters. The number of allylic oxidation sites excluding steroid dienone is 4. The van der Waals surface area contributed by atoms with Gasteiger partial charge in [0.25, 0.3) is 0 Å². The molecular weight excluding hydrogens is 120 g/mol. The van der Waals surface area contributed by atoms with Crippen molar-refractivity contribution in [2.24, 2.45) is 5.92 Å². The molecule has 0 aromatic rings. The first-order chi connectivity index (χ1) is 4.57. The van der Waals surface area contributed by atoms with E-state index in [0.717, 1.165) is 5.57 Å². The fourth-order valence-corrected chi connectivity index (χ4v) is 0.771. The summed E-state index contributed by atoms with van der Waals surface area (Å²) in [4.78, 5) is 0. The van der Waals surface area contributed by atoms with Crippen molar-refractivity contribution in [2.45, 2.75) is 20.8 Å². The van der Waals surface area contributed by atoms with Crippen LogP contribution >= 0.6 is 0 Å². The maximum atomic E-state index is 3.86. The average Bonchev–Trinajstić information content (AvgIpc) is 1.81. The summed E-state index contributed by atoms with van der Waals surface area (Å²) in [5.41, 5.74) is 2.46. The number of hydrogen-bond acceptors (Lipinski definition) is 0. The van der Waals surface area contributed by atoms with Crippen LogP contribution in [0, 0.1) is 5.92 Å². The maximum Gasteiger partial charge on any atom is 0.0151 e. The summed E-state index contributed by atoms with van der Waals surface area (Å²) in [5.74, 6) is 0.352. The van der Waals surface area contributed by atoms with Crippen LogP contribution in [0.2, 0.25) is 0 Å². The maximum absolute atomic E-state index is 3.86. The SMILES string of the molecule is C=CC(C=C(C)C)C(=C)C. The molecule has 56 valence electrons. The van der Waals surface area contributed by atoms with Crippen LogP contribution in [0.25, 0.3) is 0 Å². The zero-order valence-electron chi connectivity index (χ0n) is 7.15. The van der Waals surface area contributed by atoms with Crippen LogP contribution in [0.4, 0.5) is 0 Å². The van der Waals surface area contributed by atoms with E-state index in [1.54, 1.807) is 0 Å². The Morgan fingerprint density at radius 1 is 1.30 bits per heavy atom. The molecule has 0 aliphatic heterocycles. The van der Waals surface area contributed by atoms with Gasteiger partial charge in [-0.15, -0.1) is 6.58 Å². The van der Waals surface area contributed by atoms with Crippen LogP contribution in [0.15, 0.2) is 36.5 Å². The van der Waals surface area contributed by atoms with Gasteiger partial charge in [0, 0.05) is 5.92 Å². The summed E-state index contributed by atoms with van der Waals surface area (Å²) in [6.07, 6.45) is 4.07. The molecule has 1 atom stereocenters. The van der Waals surface area contributed by atoms with E-state index in [0.29, 0.717) is 5.92 Å². The fraction of sp³-hybridized carbons (Fsp3) is 0.400. The van der Waals surface area contributed by atoms with Crippen molar-refractivity contribution < 1.29 is 0 Å². The minimum atomic E-state index is 0.352. The minimum absolute atomic E-state index is 0.352. The Labute approximate surface area is 64.0 Å². The van der Waals surface area contributed by atoms with Crippen molar-refractivity contribution in [1.29, 1.82) is 0 Å². The predicted octanol–water partition coefficient (Wildman–Crippen LogP) is 3.33. The summed E-state index contributed by atoms with van der Waals surface area (Å²) >= 11 is 0. The van der Waals surface area contributed by atoms with E-state index in [4.69, 9.17) is 0 Å². The van der Waals surface area contributed by atoms with E-state index < -0.39 is 0 Å². The monoisotopic (exact) mass is 136 g/mol. The highest BCUT2D eigenvalue weighted by Gasteiger charge is 1.98. The zero-order chi connectivity index (χ0) is 8.15. The van der Waals surface area contributed by atoms with Crippen LogP contribution in [-0.4, -0.2) is 0 Å². The Balaban J connectivity index is 4.23. The largest absolute Gasteiger partial charge is 0.102 e. The van der Waals surface area contributed by atoms with Crippen LogP contribution < -0.4 is 0 Å². The van der Waals surface area contributed by atoms with Gasteiger partial charge >= 0.3 is 0 Å². The third-order valence-electron chi connectivity index (χ3n) is 1.34. The van der Waals surface area contributed by atoms with E-state index in [9.17, 15) is 0 Å². The summed E-state index contributed by atoms with van der Waals surface area (Å²) in [6, 6.07) is 0. The lowest BCUT2D eigenvalue weighted by atomic mass is 10.00. The molecule has 0 heteroatoms. The number of hydrogen-bond donors (Lipinski definition) is 0. The van der Waals surface area contributed by atoms with Crippen LogP contribution in [0.1, 0.15) is 20.8 Å². The van der Waals surface area contributed by atoms with Gasteiger partial charge < -0.3 is 0 Å². The molecule has 0 bridgehead atoms. The highest BCUT2D eigenvalue weighted by molar-refractivity contribution is 5.16. The Hall–Kier alpha value is -0.780. The van der Waals surface area contributed by atoms with Crippen LogP contribution in [0.5, 0.6) is 0 Å². The van der Waals surface area contributed by atoms with E-state index in [1.165, 1.54) is 5.57 Å². The van der Waals surface area contributed by atoms with Gasteiger partial charge in [-0.1, -0.05) is 29.9 Å². The van der Waals surface area contributed by atoms with Gasteiger partial charge in [-0.3, -0.25) is 0 Å². The molecule has 0 aromatic carbocycles. The zero-order valence-corrected chi connectivity index (χ0v) is 7.15. The van der Waals surface area contributed by atoms with Crippen molar-refractivity contribution in [3.63, 3.8) is 0 Å². The first kappa shape index (κ1) is 9.22. The summed E-state index contributed by atoms with van der Waals surface area (Å²) < 4.78 is 0. The lowest BCUT2D eigenvalue weighted by molar-refractivity contribution is 0.961. The lowest BCUT2D eigenvalue weighted by Gasteiger charge is -2.05. The van der Waals surface area contributed by atoms with Gasteiger partial charge in [-0.05, 0) is 20.8 Å². The molecule has 0 nitrogen and oxygen atoms in total. The van der Waals surface area contributed by atoms with E-state index >= 15 is 0 Å². The first-order valence-corrected chi connectivity index (χ1v) is 3.51. The Kier molecular flexibility index (Phi) is 3.78. The molecule has 0 rings (SSSR count). The molecule has 0 spiro atoms. The molecule has 0 aliphatic rings. The molecule has 0 saturated heterocycles. The Bertz CT molecular complexity index is 157. The van der Waals surface area contributed by atoms with Gasteiger partial charge in [0.2, 0.25) is 0 Å². The van der Waals surface area contributed by atoms with Gasteiger partial charge in [0.05, 0.1) is 0 Å². The number of rotatable bonds is 3. The third-order valence-corrected chi connectivity index (χ3v) is 1.34. The Morgan fingerprint density at radius 3 is 1.90 bits per heavy atom. The second-order valence-corrected chi connectivity index (χ2v) is 2.85. The molecule has 0 fully saturated rings. The average molecular weight is 136 g/mol. The molecule has 0 amide bonds. The molecular formula is C10H16. The molecule has 0 radical (unpaired) electrons. The quantitative estimate of drug-likeness (QED) is 0.522. The van der Waals surface area contributed by atoms with E-state index in [2.05, 4.69) is 33.1 Å². The van der Waals surface area contributed by atoms with Crippen LogP contribution in [0.3, 0.4) is 0 Å². The van der Waals surface area contributed by atoms with Crippen molar-refractivity contribution in [3.05, 3.63) is 36.5 Å². The van der Waals surface area contributed by atoms with Gasteiger partial charge in [-0.2, -0.15) is 0 Å². The standard InChI is InChI=1S/C10H16/c1-6-10(9(4)5)7-8(2)3/h6-7,10H,1,4H2,2-3,5H3. The summed E-state index contributed by atoms with van der Waals surface area (Å²) in [6.45, 7) is 13.8. The topological polar surface area (TPSA) is 0 Å². The predicted molar refractivity (Wildman–Crippen MR) is 47.9 cm³/mol. The molecule has 0 N–H and O–H groups in total. The molecule has 0 aliphatic carbocycles. The molecule has 0 aromatic heterocycles. The van der Waals surface area contributed by atoms with Crippen molar-refractivity contribution in [2.75, 3.05) is 0 Å². The Morgan fingerprint density at radius 2 is 1.80 bits per heavy atom. The molecule has 10 heavy (non-hydrogen) atoms. The highest BCUT2D eigenvalue weighted by Crippen LogP contribution is 2.12. The van der Waals surface area contributed by atoms with Crippen molar-refractivity contribution in [1.82, 2.24) is 0 Å². The van der Waals surface area contributed by atoms with Gasteiger partial charge in [0.1, 0.15) is 0 Å². The van der Waals surface area contributed by atoms with E-state index in [-0.39, 0.29) is 0 Å². The second kappa shape index (κ2) is 4.10. The lowest BCUT2D eigenvalue weighted by Crippen LogP contribution is -1.91. The van der Waals surface area contributed by atoms with Gasteiger partial charge in [-0.25, -0.2) is 0 Å². The first-order valence-electron chi connectivity index (χ1n) is 3.51. The normalized spacial score (nSPS) is 11.9. The molecule has 0 saturated carbocycles. The smallest absolute Gasteiger partial charge is 0.0151 e. The third kappa shape index (κ3) is 3.29. The van der Waals surface area contributed by atoms with E-state index in [1.807, 2.05) is 13.0 Å². The van der Waals surface area contributed by atoms with Crippen molar-refractivity contribution in [3.8, 4) is 0 Å². The fourth-order valence-electron chi connectivity index (χ4n) is 0.771. The summed E-state index contributed by atoms with van der Waals surface area (Å²) in [5, 5.41) is 0. The minimum Gasteiger partial charge on any atom is -0.102 e. The highest BCUT2D eigenvalue weighted by atomic mass is 14.0. The second-order valence-electron chi connectivity index (χ2n) is 2.85. The molecule has 0 heterocycles. The van der Waals surface area contributed by atoms with Crippen molar-refractivity contribution >= 4 is 0 Å². The van der Waals surface area contributed by atoms with Crippen LogP contribution in [-0.2, 0) is 0 Å². The summed E-state index contributed by atoms with van der Waals surface area (Å²) in [7, 11) is 0.